The average molecular weight is 532 g/mol. The van der Waals surface area contributed by atoms with Crippen LogP contribution in [-0.2, 0) is 13.6 Å². The van der Waals surface area contributed by atoms with Gasteiger partial charge >= 0.3 is 0 Å². The van der Waals surface area contributed by atoms with Crippen LogP contribution in [-0.4, -0.2) is 48.7 Å². The Morgan fingerprint density at radius 1 is 0.806 bits per heavy atom. The Balaban J connectivity index is 2.18. The lowest BCUT2D eigenvalue weighted by Crippen LogP contribution is -2.44. The normalized spacial score (nSPS) is 17.2. The molecule has 0 fully saturated rings. The fraction of sp³-hybridized carbons (Fsp3) is 0.700. The molecule has 204 valence electrons. The molecule has 1 aromatic rings. The second-order valence-electron chi connectivity index (χ2n) is 14.4. The Bertz CT molecular complexity index is 887. The van der Waals surface area contributed by atoms with E-state index in [-0.39, 0.29) is 21.3 Å². The lowest BCUT2D eigenvalue weighted by atomic mass is 9.75. The first kappa shape index (κ1) is 31.0. The number of anilines is 1. The molecule has 1 aromatic carbocycles. The van der Waals surface area contributed by atoms with Gasteiger partial charge < -0.3 is 13.8 Å². The van der Waals surface area contributed by atoms with Crippen LogP contribution in [0.4, 0.5) is 5.69 Å². The molecule has 1 aliphatic rings. The first-order valence-corrected chi connectivity index (χ1v) is 19.4. The van der Waals surface area contributed by atoms with E-state index in [9.17, 15) is 4.79 Å². The van der Waals surface area contributed by atoms with Crippen LogP contribution < -0.4 is 4.90 Å². The lowest BCUT2D eigenvalue weighted by molar-refractivity contribution is -0.116. The molecule has 6 heteroatoms. The number of allylic oxidation sites excluding steroid dienone is 2. The van der Waals surface area contributed by atoms with Gasteiger partial charge in [0.2, 0.25) is 0 Å². The minimum atomic E-state index is -1.80. The van der Waals surface area contributed by atoms with Gasteiger partial charge in [-0.3, -0.25) is 4.79 Å². The van der Waals surface area contributed by atoms with Crippen molar-refractivity contribution in [3.05, 3.63) is 35.9 Å². The van der Waals surface area contributed by atoms with Crippen molar-refractivity contribution >= 4 is 33.7 Å². The van der Waals surface area contributed by atoms with Crippen LogP contribution >= 0.6 is 0 Å². The molecule has 0 bridgehead atoms. The largest absolute Gasteiger partial charge is 0.415 e. The zero-order valence-corrected chi connectivity index (χ0v) is 27.3. The number of hydrogen-bond donors (Lipinski definition) is 0. The minimum Gasteiger partial charge on any atom is -0.415 e. The highest BCUT2D eigenvalue weighted by molar-refractivity contribution is 6.74. The predicted octanol–water partition coefficient (Wildman–Crippen LogP) is 8.31. The molecule has 0 heterocycles. The molecule has 0 aliphatic heterocycles. The van der Waals surface area contributed by atoms with E-state index in [2.05, 4.69) is 111 Å². The van der Waals surface area contributed by atoms with Crippen LogP contribution in [0.5, 0.6) is 0 Å². The maximum Gasteiger partial charge on any atom is 0.192 e. The highest BCUT2D eigenvalue weighted by atomic mass is 28.4. The molecule has 0 atom stereocenters. The molecule has 0 saturated carbocycles. The summed E-state index contributed by atoms with van der Waals surface area (Å²) in [5.41, 5.74) is 3.50. The van der Waals surface area contributed by atoms with E-state index in [4.69, 9.17) is 8.85 Å². The van der Waals surface area contributed by atoms with Crippen LogP contribution in [0, 0.1) is 5.41 Å². The summed E-state index contributed by atoms with van der Waals surface area (Å²) in [4.78, 5) is 14.7. The van der Waals surface area contributed by atoms with E-state index in [0.717, 1.165) is 30.6 Å². The number of hydrogen-bond acceptors (Lipinski definition) is 4. The lowest BCUT2D eigenvalue weighted by Gasteiger charge is -2.38. The van der Waals surface area contributed by atoms with Crippen LogP contribution in [0.15, 0.2) is 30.3 Å². The number of nitrogens with zero attached hydrogens (tertiary/aromatic N) is 1. The highest BCUT2D eigenvalue weighted by Gasteiger charge is 2.38. The fourth-order valence-corrected chi connectivity index (χ4v) is 6.11. The zero-order valence-electron chi connectivity index (χ0n) is 25.3. The van der Waals surface area contributed by atoms with E-state index in [1.54, 1.807) is 0 Å². The van der Waals surface area contributed by atoms with Gasteiger partial charge in [-0.2, -0.15) is 0 Å². The third kappa shape index (κ3) is 8.40. The van der Waals surface area contributed by atoms with Crippen LogP contribution in [0.1, 0.15) is 73.8 Å². The van der Waals surface area contributed by atoms with Crippen molar-refractivity contribution in [3.8, 4) is 0 Å². The minimum absolute atomic E-state index is 0.0219. The maximum absolute atomic E-state index is 12.3. The van der Waals surface area contributed by atoms with Crippen molar-refractivity contribution in [2.75, 3.05) is 31.2 Å². The molecule has 0 saturated heterocycles. The summed E-state index contributed by atoms with van der Waals surface area (Å²) in [5, 5.41) is 0.397. The Morgan fingerprint density at radius 3 is 1.64 bits per heavy atom. The van der Waals surface area contributed by atoms with Gasteiger partial charge in [0.05, 0.1) is 13.2 Å². The first-order chi connectivity index (χ1) is 16.2. The van der Waals surface area contributed by atoms with E-state index in [0.29, 0.717) is 19.6 Å². The van der Waals surface area contributed by atoms with Crippen LogP contribution in [0.2, 0.25) is 36.3 Å². The third-order valence-electron chi connectivity index (χ3n) is 8.52. The van der Waals surface area contributed by atoms with E-state index in [1.807, 2.05) is 6.08 Å². The maximum atomic E-state index is 12.3. The number of benzene rings is 1. The number of ketones is 1. The fourth-order valence-electron chi connectivity index (χ4n) is 4.04. The van der Waals surface area contributed by atoms with Crippen molar-refractivity contribution in [2.45, 2.75) is 104 Å². The second kappa shape index (κ2) is 11.3. The summed E-state index contributed by atoms with van der Waals surface area (Å²) >= 11 is 0. The van der Waals surface area contributed by atoms with Gasteiger partial charge in [-0.1, -0.05) is 67.5 Å². The average Bonchev–Trinajstić information content (AvgIpc) is 2.69. The van der Waals surface area contributed by atoms with Crippen molar-refractivity contribution in [3.63, 3.8) is 0 Å². The van der Waals surface area contributed by atoms with Gasteiger partial charge in [-0.25, -0.2) is 0 Å². The van der Waals surface area contributed by atoms with Gasteiger partial charge in [0, 0.05) is 25.2 Å². The molecule has 4 nitrogen and oxygen atoms in total. The Morgan fingerprint density at radius 2 is 1.25 bits per heavy atom. The summed E-state index contributed by atoms with van der Waals surface area (Å²) in [6, 6.07) is 8.74. The summed E-state index contributed by atoms with van der Waals surface area (Å²) in [6.45, 7) is 30.4. The summed E-state index contributed by atoms with van der Waals surface area (Å²) < 4.78 is 13.0. The van der Waals surface area contributed by atoms with Gasteiger partial charge in [0.25, 0.3) is 0 Å². The van der Waals surface area contributed by atoms with E-state index < -0.39 is 16.6 Å². The molecule has 0 spiro atoms. The van der Waals surface area contributed by atoms with E-state index >= 15 is 0 Å². The molecule has 2 rings (SSSR count). The van der Waals surface area contributed by atoms with Gasteiger partial charge in [-0.15, -0.1) is 0 Å². The Labute approximate surface area is 224 Å². The summed E-state index contributed by atoms with van der Waals surface area (Å²) in [5.74, 6) is 0.234. The molecule has 0 N–H and O–H groups in total. The van der Waals surface area contributed by atoms with Gasteiger partial charge in [0.15, 0.2) is 22.4 Å². The SMILES string of the molecule is CC1(C)CC(=O)C=C(c2ccc(N(CCO[Si](C)(C)C(C)(C)C)CCO[Si](C)(C)C(C)(C)C)cc2)C1. The van der Waals surface area contributed by atoms with Gasteiger partial charge in [-0.05, 0) is 77.4 Å². The molecular weight excluding hydrogens is 479 g/mol. The van der Waals surface area contributed by atoms with Crippen LogP contribution in [0.3, 0.4) is 0 Å². The topological polar surface area (TPSA) is 38.8 Å². The molecular formula is C30H53NO3Si2. The summed E-state index contributed by atoms with van der Waals surface area (Å²) in [7, 11) is -3.60. The van der Waals surface area contributed by atoms with Crippen LogP contribution in [0.25, 0.3) is 5.57 Å². The number of carbonyl (C=O) groups is 1. The smallest absolute Gasteiger partial charge is 0.192 e. The number of carbonyl (C=O) groups excluding carboxylic acids is 1. The quantitative estimate of drug-likeness (QED) is 0.285. The molecule has 1 aliphatic carbocycles. The van der Waals surface area contributed by atoms with Crippen molar-refractivity contribution in [1.82, 2.24) is 0 Å². The second-order valence-corrected chi connectivity index (χ2v) is 24.0. The highest BCUT2D eigenvalue weighted by Crippen LogP contribution is 2.39. The van der Waals surface area contributed by atoms with Crippen molar-refractivity contribution in [2.24, 2.45) is 5.41 Å². The molecule has 0 aromatic heterocycles. The van der Waals surface area contributed by atoms with Crippen molar-refractivity contribution in [1.29, 1.82) is 0 Å². The Hall–Kier alpha value is -1.22. The monoisotopic (exact) mass is 531 g/mol. The first-order valence-electron chi connectivity index (χ1n) is 13.6. The van der Waals surface area contributed by atoms with Crippen molar-refractivity contribution < 1.29 is 13.6 Å². The number of rotatable bonds is 10. The standard InChI is InChI=1S/C30H53NO3Si2/c1-28(2,3)35(9,10)33-19-17-31(18-20-34-36(11,12)29(4,5)6)26-15-13-24(14-16-26)25-21-27(32)23-30(7,8)22-25/h13-16,21H,17-20,22-23H2,1-12H3. The predicted molar refractivity (Wildman–Crippen MR) is 161 cm³/mol. The van der Waals surface area contributed by atoms with Gasteiger partial charge in [0.1, 0.15) is 0 Å². The molecule has 36 heavy (non-hydrogen) atoms. The molecule has 0 unspecified atom stereocenters. The molecule has 0 amide bonds. The zero-order chi connectivity index (χ0) is 27.6. The Kier molecular flexibility index (Phi) is 9.70. The third-order valence-corrected chi connectivity index (χ3v) is 17.6. The summed E-state index contributed by atoms with van der Waals surface area (Å²) in [6.07, 6.45) is 3.41. The van der Waals surface area contributed by atoms with E-state index in [1.165, 1.54) is 5.69 Å². The molecule has 0 radical (unpaired) electrons.